The lowest BCUT2D eigenvalue weighted by Gasteiger charge is -2.44. The Morgan fingerprint density at radius 1 is 0.361 bits per heavy atom. The predicted molar refractivity (Wildman–Crippen MR) is 327 cm³/mol. The summed E-state index contributed by atoms with van der Waals surface area (Å²) in [7, 11) is 0. The molecule has 3 aliphatic heterocycles. The van der Waals surface area contributed by atoms with Crippen LogP contribution in [0, 0.1) is 0 Å². The zero-order valence-corrected chi connectivity index (χ0v) is 57.1. The fourth-order valence-electron chi connectivity index (χ4n) is 10.5. The first-order chi connectivity index (χ1) is 45.9. The molecule has 0 aromatic carbocycles. The Balaban J connectivity index is 1.66. The Bertz CT molecular complexity index is 2630. The Morgan fingerprint density at radius 3 is 1.07 bits per heavy atom. The van der Waals surface area contributed by atoms with Crippen molar-refractivity contribution in [1.29, 1.82) is 0 Å². The lowest BCUT2D eigenvalue weighted by Crippen LogP contribution is -2.67. The number of hydrogen-bond acceptors (Lipinski definition) is 31. The lowest BCUT2D eigenvalue weighted by atomic mass is 9.96. The molecule has 8 unspecified atom stereocenters. The smallest absolute Gasteiger partial charge is 0.303 e. The maximum Gasteiger partial charge on any atom is 0.303 e. The van der Waals surface area contributed by atoms with Crippen LogP contribution in [-0.2, 0) is 138 Å². The van der Waals surface area contributed by atoms with Gasteiger partial charge in [-0.25, -0.2) is 0 Å². The van der Waals surface area contributed by atoms with Crippen LogP contribution in [0.25, 0.3) is 0 Å². The van der Waals surface area contributed by atoms with Crippen molar-refractivity contribution in [3.63, 3.8) is 0 Å². The molecule has 3 fully saturated rings. The normalized spacial score (nSPS) is 25.1. The zero-order valence-electron chi connectivity index (χ0n) is 57.1. The highest BCUT2D eigenvalue weighted by atomic mass is 16.8. The number of nitrogens with one attached hydrogen (secondary N) is 6. The highest BCUT2D eigenvalue weighted by Gasteiger charge is 2.54. The monoisotopic (exact) mass is 1390 g/mol. The number of hydroxylamine groups is 1. The molecule has 36 nitrogen and oxygen atoms in total. The van der Waals surface area contributed by atoms with Gasteiger partial charge >= 0.3 is 53.7 Å². The molecule has 3 aliphatic rings. The van der Waals surface area contributed by atoms with Crippen LogP contribution in [0.1, 0.15) is 141 Å². The van der Waals surface area contributed by atoms with Crippen molar-refractivity contribution in [2.75, 3.05) is 72.3 Å². The number of unbranched alkanes of at least 4 members (excludes halogenated alkanes) is 2. The third-order valence-electron chi connectivity index (χ3n) is 14.3. The Morgan fingerprint density at radius 2 is 0.701 bits per heavy atom. The molecule has 550 valence electrons. The topological polar surface area (TPSA) is 453 Å². The molecule has 0 saturated carbocycles. The van der Waals surface area contributed by atoms with Crippen LogP contribution in [0.3, 0.4) is 0 Å². The van der Waals surface area contributed by atoms with Crippen molar-refractivity contribution in [2.45, 2.75) is 233 Å². The molecular formula is C61H97N7O29. The van der Waals surface area contributed by atoms with Crippen LogP contribution in [0.15, 0.2) is 0 Å². The van der Waals surface area contributed by atoms with Gasteiger partial charge < -0.3 is 97.8 Å². The summed E-state index contributed by atoms with van der Waals surface area (Å²) in [5.41, 5.74) is 2.78. The van der Waals surface area contributed by atoms with E-state index in [2.05, 4.69) is 32.1 Å². The molecule has 0 spiro atoms. The Labute approximate surface area is 562 Å². The van der Waals surface area contributed by atoms with Crippen molar-refractivity contribution in [1.82, 2.24) is 37.0 Å². The summed E-state index contributed by atoms with van der Waals surface area (Å²) in [6.45, 7) is 14.4. The molecule has 15 atom stereocenters. The van der Waals surface area contributed by atoms with Crippen LogP contribution in [0.5, 0.6) is 0 Å². The van der Waals surface area contributed by atoms with Gasteiger partial charge in [-0.15, -0.1) is 0 Å². The Hall–Kier alpha value is -7.74. The highest BCUT2D eigenvalue weighted by Crippen LogP contribution is 2.31. The van der Waals surface area contributed by atoms with Gasteiger partial charge in [-0.3, -0.25) is 72.0 Å². The summed E-state index contributed by atoms with van der Waals surface area (Å²) in [6.07, 6.45) is -12.6. The molecule has 0 aliphatic carbocycles. The van der Waals surface area contributed by atoms with Crippen LogP contribution >= 0.6 is 0 Å². The second-order valence-corrected chi connectivity index (χ2v) is 22.9. The van der Waals surface area contributed by atoms with Gasteiger partial charge in [0.05, 0.1) is 0 Å². The van der Waals surface area contributed by atoms with Crippen molar-refractivity contribution in [3.8, 4) is 0 Å². The van der Waals surface area contributed by atoms with E-state index in [9.17, 15) is 67.1 Å². The number of rotatable bonds is 41. The van der Waals surface area contributed by atoms with Gasteiger partial charge in [0.2, 0.25) is 35.8 Å². The number of ether oxygens (including phenoxy) is 14. The number of esters is 9. The number of nitrogens with zero attached hydrogens (tertiary/aromatic N) is 1. The summed E-state index contributed by atoms with van der Waals surface area (Å²) in [5, 5.41) is 14.1. The summed E-state index contributed by atoms with van der Waals surface area (Å²) in [6, 6.07) is -3.55. The van der Waals surface area contributed by atoms with Crippen molar-refractivity contribution in [3.05, 3.63) is 0 Å². The molecule has 0 aromatic heterocycles. The number of carbonyl (C=O) groups is 14. The summed E-state index contributed by atoms with van der Waals surface area (Å²) in [4.78, 5) is 180. The van der Waals surface area contributed by atoms with E-state index in [0.717, 1.165) is 62.3 Å². The minimum Gasteiger partial charge on any atom is -0.463 e. The predicted octanol–water partition coefficient (Wildman–Crippen LogP) is -1.45. The molecule has 0 radical (unpaired) electrons. The lowest BCUT2D eigenvalue weighted by molar-refractivity contribution is -0.292. The van der Waals surface area contributed by atoms with E-state index in [1.54, 1.807) is 4.90 Å². The zero-order chi connectivity index (χ0) is 72.3. The molecule has 5 amide bonds. The van der Waals surface area contributed by atoms with Crippen molar-refractivity contribution in [2.24, 2.45) is 0 Å². The molecule has 0 bridgehead atoms. The number of carbonyl (C=O) groups excluding carboxylic acids is 14. The third-order valence-corrected chi connectivity index (χ3v) is 14.3. The van der Waals surface area contributed by atoms with E-state index < -0.39 is 183 Å². The first-order valence-electron chi connectivity index (χ1n) is 31.9. The van der Waals surface area contributed by atoms with Gasteiger partial charge in [-0.05, 0) is 58.0 Å². The fraction of sp³-hybridized carbons (Fsp3) is 0.770. The first-order valence-corrected chi connectivity index (χ1v) is 31.9. The average Bonchev–Trinajstić information content (AvgIpc) is 0.806. The summed E-state index contributed by atoms with van der Waals surface area (Å²) >= 11 is 0. The minimum atomic E-state index is -1.33. The average molecular weight is 1390 g/mol. The molecule has 36 heteroatoms. The summed E-state index contributed by atoms with van der Waals surface area (Å²) in [5.74, 6) is -8.80. The van der Waals surface area contributed by atoms with E-state index >= 15 is 0 Å². The van der Waals surface area contributed by atoms with E-state index in [-0.39, 0.29) is 63.9 Å². The largest absolute Gasteiger partial charge is 0.463 e. The fourth-order valence-corrected chi connectivity index (χ4v) is 10.5. The van der Waals surface area contributed by atoms with Gasteiger partial charge in [0.25, 0.3) is 0 Å². The van der Waals surface area contributed by atoms with Crippen molar-refractivity contribution >= 4 is 83.3 Å². The van der Waals surface area contributed by atoms with Gasteiger partial charge in [0, 0.05) is 135 Å². The van der Waals surface area contributed by atoms with Gasteiger partial charge in [-0.2, -0.15) is 5.48 Å². The molecule has 3 heterocycles. The maximum atomic E-state index is 14.0. The molecule has 0 aromatic rings. The standard InChI is InChI=1S/C61H97N7O29/c1-33(69)65-50-56(91-42(10)78)53(88-39(7)75)45(30-85-36(4)72)94-59(50)83-28-15-13-20-48(81)63-24-19-27-68(49(82)21-14-16-29-84-60-51(66-34(2)70)57(92-43(11)79)54(89-40(8)76)46(95-60)31-86-37(5)73)26-18-23-62-22-17-25-64-97-61-52(67-35(3)71)58(93-44(12)80)55(90-41(9)77)47(96-61)32-87-38(6)74/h45-47,50-62,64H,13-32H2,1-12H3,(H,63,81)(H,65,69)(H,66,70)(H,67,71)/t45?,46?,47?,50?,51?,52-,53-,54-,55-,56?,57?,58?,59+,60+,61-/m0/s1. The second-order valence-electron chi connectivity index (χ2n) is 22.9. The van der Waals surface area contributed by atoms with Crippen LogP contribution < -0.4 is 32.1 Å². The molecule has 3 rings (SSSR count). The van der Waals surface area contributed by atoms with Gasteiger partial charge in [-0.1, -0.05) is 0 Å². The van der Waals surface area contributed by atoms with Gasteiger partial charge in [0.1, 0.15) is 56.3 Å². The van der Waals surface area contributed by atoms with E-state index in [4.69, 9.17) is 71.2 Å². The van der Waals surface area contributed by atoms with E-state index in [1.165, 1.54) is 20.8 Å². The van der Waals surface area contributed by atoms with Crippen LogP contribution in [-0.4, -0.2) is 252 Å². The third kappa shape index (κ3) is 32.5. The SMILES string of the molecule is CC(=O)NC1C(OC(C)=O)[C@@H](OC(C)=O)C(COC(C)=O)O[C@H]1OCCCCC(=O)NCCCN(CCCNCCCNO[C@@H]1OC(COC(C)=O)[C@H](OC(C)=O)C(OC(C)=O)[C@@H]1NC(C)=O)C(=O)CCCCO[C@@H]1OC(COC(C)=O)[C@H](OC(C)=O)C(OC(C)=O)C1NC(C)=O. The van der Waals surface area contributed by atoms with Crippen LogP contribution in [0.4, 0.5) is 0 Å². The van der Waals surface area contributed by atoms with Gasteiger partial charge in [0.15, 0.2) is 49.2 Å². The molecular weight excluding hydrogens is 1290 g/mol. The van der Waals surface area contributed by atoms with Crippen LogP contribution in [0.2, 0.25) is 0 Å². The quantitative estimate of drug-likeness (QED) is 0.0177. The van der Waals surface area contributed by atoms with E-state index in [1.807, 2.05) is 0 Å². The Kier molecular flexibility index (Phi) is 38.1. The highest BCUT2D eigenvalue weighted by molar-refractivity contribution is 5.77. The number of amides is 5. The first kappa shape index (κ1) is 83.5. The molecule has 3 saturated heterocycles. The summed E-state index contributed by atoms with van der Waals surface area (Å²) < 4.78 is 78.5. The molecule has 97 heavy (non-hydrogen) atoms. The van der Waals surface area contributed by atoms with E-state index in [0.29, 0.717) is 58.2 Å². The number of hydrogen-bond donors (Lipinski definition) is 6. The minimum absolute atomic E-state index is 0.0114. The second kappa shape index (κ2) is 44.2. The maximum absolute atomic E-state index is 14.0. The molecule has 6 N–H and O–H groups in total. The van der Waals surface area contributed by atoms with Crippen molar-refractivity contribution < 1.29 is 138 Å².